The fourth-order valence-corrected chi connectivity index (χ4v) is 3.38. The standard InChI is InChI=1S/C18H18FN3O/c19-15-3-1-2-12-4-9-16(21-17(12)15)18-20-10-11-22(18)13-5-7-14(23)8-6-13/h1-4,9-11,13-14,23H,5-8H2. The van der Waals surface area contributed by atoms with Crippen LogP contribution in [-0.2, 0) is 0 Å². The van der Waals surface area contributed by atoms with Gasteiger partial charge in [0.1, 0.15) is 17.0 Å². The first kappa shape index (κ1) is 14.3. The molecule has 1 saturated carbocycles. The third-order valence-electron chi connectivity index (χ3n) is 4.63. The second-order valence-corrected chi connectivity index (χ2v) is 6.13. The summed E-state index contributed by atoms with van der Waals surface area (Å²) in [6.07, 6.45) is 6.98. The highest BCUT2D eigenvalue weighted by Gasteiger charge is 2.23. The van der Waals surface area contributed by atoms with Gasteiger partial charge in [0.2, 0.25) is 0 Å². The quantitative estimate of drug-likeness (QED) is 0.785. The molecule has 4 nitrogen and oxygen atoms in total. The molecule has 1 N–H and O–H groups in total. The van der Waals surface area contributed by atoms with Crippen molar-refractivity contribution < 1.29 is 9.50 Å². The Morgan fingerprint density at radius 1 is 1.09 bits per heavy atom. The van der Waals surface area contributed by atoms with Gasteiger partial charge in [-0.1, -0.05) is 18.2 Å². The number of halogens is 1. The van der Waals surface area contributed by atoms with Gasteiger partial charge in [0.15, 0.2) is 5.82 Å². The van der Waals surface area contributed by atoms with E-state index in [0.717, 1.165) is 36.9 Å². The number of imidazole rings is 1. The monoisotopic (exact) mass is 311 g/mol. The number of rotatable bonds is 2. The molecule has 0 radical (unpaired) electrons. The van der Waals surface area contributed by atoms with Crippen LogP contribution in [0.5, 0.6) is 0 Å². The van der Waals surface area contributed by atoms with Crippen LogP contribution >= 0.6 is 0 Å². The van der Waals surface area contributed by atoms with E-state index in [-0.39, 0.29) is 11.9 Å². The highest BCUT2D eigenvalue weighted by atomic mass is 19.1. The van der Waals surface area contributed by atoms with Crippen LogP contribution in [0.4, 0.5) is 4.39 Å². The van der Waals surface area contributed by atoms with Gasteiger partial charge in [0.25, 0.3) is 0 Å². The van der Waals surface area contributed by atoms with Gasteiger partial charge >= 0.3 is 0 Å². The first-order valence-corrected chi connectivity index (χ1v) is 7.99. The van der Waals surface area contributed by atoms with E-state index in [1.54, 1.807) is 12.3 Å². The minimum atomic E-state index is -0.316. The van der Waals surface area contributed by atoms with Gasteiger partial charge in [-0.2, -0.15) is 0 Å². The maximum Gasteiger partial charge on any atom is 0.158 e. The molecule has 0 aliphatic heterocycles. The zero-order valence-corrected chi connectivity index (χ0v) is 12.7. The summed E-state index contributed by atoms with van der Waals surface area (Å²) in [7, 11) is 0. The molecule has 0 spiro atoms. The summed E-state index contributed by atoms with van der Waals surface area (Å²) in [5.74, 6) is 0.444. The Balaban J connectivity index is 1.74. The summed E-state index contributed by atoms with van der Waals surface area (Å²) >= 11 is 0. The third-order valence-corrected chi connectivity index (χ3v) is 4.63. The van der Waals surface area contributed by atoms with Crippen LogP contribution in [0.1, 0.15) is 31.7 Å². The van der Waals surface area contributed by atoms with Crippen molar-refractivity contribution in [2.24, 2.45) is 0 Å². The Morgan fingerprint density at radius 3 is 2.74 bits per heavy atom. The molecule has 4 rings (SSSR count). The molecule has 1 fully saturated rings. The van der Waals surface area contributed by atoms with E-state index in [0.29, 0.717) is 17.3 Å². The minimum absolute atomic E-state index is 0.189. The molecule has 0 atom stereocenters. The minimum Gasteiger partial charge on any atom is -0.393 e. The molecule has 2 aromatic heterocycles. The van der Waals surface area contributed by atoms with Gasteiger partial charge in [0.05, 0.1) is 6.10 Å². The van der Waals surface area contributed by atoms with E-state index < -0.39 is 0 Å². The third kappa shape index (κ3) is 2.61. The molecule has 0 bridgehead atoms. The lowest BCUT2D eigenvalue weighted by molar-refractivity contribution is 0.111. The average Bonchev–Trinajstić information content (AvgIpc) is 3.05. The molecule has 118 valence electrons. The van der Waals surface area contributed by atoms with Gasteiger partial charge in [-0.25, -0.2) is 14.4 Å². The summed E-state index contributed by atoms with van der Waals surface area (Å²) in [5.41, 5.74) is 1.05. The highest BCUT2D eigenvalue weighted by Crippen LogP contribution is 2.32. The molecule has 1 aromatic carbocycles. The average molecular weight is 311 g/mol. The maximum atomic E-state index is 14.0. The number of benzene rings is 1. The molecular formula is C18H18FN3O. The number of hydrogen-bond acceptors (Lipinski definition) is 3. The number of aliphatic hydroxyl groups excluding tert-OH is 1. The summed E-state index contributed by atoms with van der Waals surface area (Å²) in [6, 6.07) is 9.04. The molecule has 1 aliphatic carbocycles. The van der Waals surface area contributed by atoms with Gasteiger partial charge in [-0.3, -0.25) is 0 Å². The molecule has 0 saturated heterocycles. The van der Waals surface area contributed by atoms with E-state index in [1.807, 2.05) is 24.4 Å². The lowest BCUT2D eigenvalue weighted by Gasteiger charge is -2.27. The largest absolute Gasteiger partial charge is 0.393 e. The van der Waals surface area contributed by atoms with E-state index >= 15 is 0 Å². The van der Waals surface area contributed by atoms with Crippen molar-refractivity contribution in [3.8, 4) is 11.5 Å². The number of fused-ring (bicyclic) bond motifs is 1. The van der Waals surface area contributed by atoms with E-state index in [9.17, 15) is 9.50 Å². The van der Waals surface area contributed by atoms with Crippen LogP contribution in [0.3, 0.4) is 0 Å². The molecule has 23 heavy (non-hydrogen) atoms. The SMILES string of the molecule is OC1CCC(n2ccnc2-c2ccc3cccc(F)c3n2)CC1. The number of nitrogens with zero attached hydrogens (tertiary/aromatic N) is 3. The first-order chi connectivity index (χ1) is 11.2. The first-order valence-electron chi connectivity index (χ1n) is 7.99. The Labute approximate surface area is 133 Å². The number of aliphatic hydroxyl groups is 1. The molecule has 0 unspecified atom stereocenters. The van der Waals surface area contributed by atoms with Gasteiger partial charge in [-0.15, -0.1) is 0 Å². The van der Waals surface area contributed by atoms with Crippen molar-refractivity contribution in [3.63, 3.8) is 0 Å². The number of pyridine rings is 1. The normalized spacial score (nSPS) is 21.7. The molecular weight excluding hydrogens is 293 g/mol. The zero-order valence-electron chi connectivity index (χ0n) is 12.7. The smallest absolute Gasteiger partial charge is 0.158 e. The zero-order chi connectivity index (χ0) is 15.8. The van der Waals surface area contributed by atoms with Crippen molar-refractivity contribution in [3.05, 3.63) is 48.5 Å². The molecule has 5 heteroatoms. The van der Waals surface area contributed by atoms with Crippen LogP contribution in [0.15, 0.2) is 42.7 Å². The fraction of sp³-hybridized carbons (Fsp3) is 0.333. The van der Waals surface area contributed by atoms with Crippen LogP contribution in [0.2, 0.25) is 0 Å². The Bertz CT molecular complexity index is 837. The van der Waals surface area contributed by atoms with Gasteiger partial charge in [0, 0.05) is 23.8 Å². The molecule has 3 aromatic rings. The predicted molar refractivity (Wildman–Crippen MR) is 86.4 cm³/mol. The second kappa shape index (κ2) is 5.74. The topological polar surface area (TPSA) is 50.9 Å². The highest BCUT2D eigenvalue weighted by molar-refractivity contribution is 5.81. The summed E-state index contributed by atoms with van der Waals surface area (Å²) in [6.45, 7) is 0. The predicted octanol–water partition coefficient (Wildman–Crippen LogP) is 3.71. The number of para-hydroxylation sites is 1. The summed E-state index contributed by atoms with van der Waals surface area (Å²) in [5, 5.41) is 10.5. The van der Waals surface area contributed by atoms with Crippen LogP contribution in [0.25, 0.3) is 22.4 Å². The lowest BCUT2D eigenvalue weighted by Crippen LogP contribution is -2.21. The Morgan fingerprint density at radius 2 is 1.91 bits per heavy atom. The van der Waals surface area contributed by atoms with Crippen molar-refractivity contribution in [1.29, 1.82) is 0 Å². The van der Waals surface area contributed by atoms with Crippen LogP contribution < -0.4 is 0 Å². The molecule has 2 heterocycles. The van der Waals surface area contributed by atoms with Crippen LogP contribution in [0, 0.1) is 5.82 Å². The molecule has 0 amide bonds. The second-order valence-electron chi connectivity index (χ2n) is 6.13. The number of aromatic nitrogens is 3. The van der Waals surface area contributed by atoms with Crippen molar-refractivity contribution in [2.45, 2.75) is 37.8 Å². The molecule has 1 aliphatic rings. The van der Waals surface area contributed by atoms with Gasteiger partial charge < -0.3 is 9.67 Å². The van der Waals surface area contributed by atoms with Crippen molar-refractivity contribution >= 4 is 10.9 Å². The van der Waals surface area contributed by atoms with Crippen molar-refractivity contribution in [1.82, 2.24) is 14.5 Å². The Hall–Kier alpha value is -2.27. The summed E-state index contributed by atoms with van der Waals surface area (Å²) in [4.78, 5) is 8.91. The van der Waals surface area contributed by atoms with E-state index in [4.69, 9.17) is 0 Å². The summed E-state index contributed by atoms with van der Waals surface area (Å²) < 4.78 is 16.1. The van der Waals surface area contributed by atoms with E-state index in [2.05, 4.69) is 14.5 Å². The van der Waals surface area contributed by atoms with Gasteiger partial charge in [-0.05, 0) is 37.8 Å². The van der Waals surface area contributed by atoms with E-state index in [1.165, 1.54) is 6.07 Å². The number of hydrogen-bond donors (Lipinski definition) is 1. The maximum absolute atomic E-state index is 14.0. The fourth-order valence-electron chi connectivity index (χ4n) is 3.38. The van der Waals surface area contributed by atoms with Crippen molar-refractivity contribution in [2.75, 3.05) is 0 Å². The lowest BCUT2D eigenvalue weighted by atomic mass is 9.93. The van der Waals surface area contributed by atoms with Crippen LogP contribution in [-0.4, -0.2) is 25.7 Å². The Kier molecular flexibility index (Phi) is 3.58.